The molecule has 2 heterocycles. The normalized spacial score (nSPS) is 15.1. The van der Waals surface area contributed by atoms with Gasteiger partial charge in [-0.05, 0) is 37.5 Å². The van der Waals surface area contributed by atoms with E-state index in [2.05, 4.69) is 9.88 Å². The number of hydrogen-bond acceptors (Lipinski definition) is 5. The lowest BCUT2D eigenvalue weighted by atomic mass is 10.1. The second kappa shape index (κ2) is 5.52. The first kappa shape index (κ1) is 13.5. The molecular formula is C16H20N4O. The molecule has 21 heavy (non-hydrogen) atoms. The Morgan fingerprint density at radius 2 is 1.76 bits per heavy atom. The zero-order valence-electron chi connectivity index (χ0n) is 11.9. The Morgan fingerprint density at radius 1 is 1.05 bits per heavy atom. The highest BCUT2D eigenvalue weighted by Crippen LogP contribution is 2.36. The summed E-state index contributed by atoms with van der Waals surface area (Å²) in [5, 5.41) is 10.00. The Labute approximate surface area is 124 Å². The molecular weight excluding hydrogens is 264 g/mol. The number of hydrogen-bond donors (Lipinski definition) is 3. The van der Waals surface area contributed by atoms with Gasteiger partial charge in [0.05, 0.1) is 17.1 Å². The molecule has 0 unspecified atom stereocenters. The zero-order chi connectivity index (χ0) is 14.8. The van der Waals surface area contributed by atoms with Crippen LogP contribution < -0.4 is 16.4 Å². The Bertz CT molecular complexity index is 651. The average molecular weight is 284 g/mol. The molecule has 0 bridgehead atoms. The fraction of sp³-hybridized carbons (Fsp3) is 0.312. The van der Waals surface area contributed by atoms with Gasteiger partial charge in [-0.15, -0.1) is 0 Å². The lowest BCUT2D eigenvalue weighted by molar-refractivity contribution is 0.477. The van der Waals surface area contributed by atoms with Gasteiger partial charge in [-0.2, -0.15) is 0 Å². The minimum atomic E-state index is 0.193. The van der Waals surface area contributed by atoms with E-state index in [1.54, 1.807) is 12.1 Å². The third kappa shape index (κ3) is 2.59. The van der Waals surface area contributed by atoms with Crippen molar-refractivity contribution in [2.75, 3.05) is 29.5 Å². The van der Waals surface area contributed by atoms with Crippen molar-refractivity contribution in [1.82, 2.24) is 4.98 Å². The van der Waals surface area contributed by atoms with Crippen LogP contribution in [0.3, 0.4) is 0 Å². The molecule has 1 aliphatic rings. The molecule has 5 nitrogen and oxygen atoms in total. The summed E-state index contributed by atoms with van der Waals surface area (Å²) in [5.74, 6) is 0.509. The van der Waals surface area contributed by atoms with E-state index in [1.807, 2.05) is 18.2 Å². The van der Waals surface area contributed by atoms with E-state index >= 15 is 0 Å². The van der Waals surface area contributed by atoms with Crippen LogP contribution in [0.25, 0.3) is 11.3 Å². The molecule has 5 heteroatoms. The predicted octanol–water partition coefficient (Wildman–Crippen LogP) is 2.61. The number of pyridine rings is 1. The first-order chi connectivity index (χ1) is 10.2. The number of anilines is 3. The highest BCUT2D eigenvalue weighted by Gasteiger charge is 2.18. The monoisotopic (exact) mass is 284 g/mol. The van der Waals surface area contributed by atoms with E-state index in [0.717, 1.165) is 31.6 Å². The number of aromatic hydroxyl groups is 1. The molecule has 0 spiro atoms. The van der Waals surface area contributed by atoms with Crippen LogP contribution in [-0.2, 0) is 0 Å². The van der Waals surface area contributed by atoms with Gasteiger partial charge in [0.15, 0.2) is 0 Å². The quantitative estimate of drug-likeness (QED) is 0.789. The fourth-order valence-electron chi connectivity index (χ4n) is 2.79. The van der Waals surface area contributed by atoms with E-state index in [4.69, 9.17) is 11.5 Å². The summed E-state index contributed by atoms with van der Waals surface area (Å²) < 4.78 is 0. The van der Waals surface area contributed by atoms with E-state index in [-0.39, 0.29) is 5.75 Å². The summed E-state index contributed by atoms with van der Waals surface area (Å²) in [7, 11) is 0. The maximum absolute atomic E-state index is 10.00. The van der Waals surface area contributed by atoms with Crippen molar-refractivity contribution in [3.05, 3.63) is 30.3 Å². The fourth-order valence-corrected chi connectivity index (χ4v) is 2.79. The number of para-hydroxylation sites is 1. The first-order valence-corrected chi connectivity index (χ1v) is 7.26. The van der Waals surface area contributed by atoms with Crippen LogP contribution in [-0.4, -0.2) is 23.2 Å². The standard InChI is InChI=1S/C16H20N4O/c17-15-13(20-8-4-1-5-9-20)10-12(19-16(15)18)11-6-2-3-7-14(11)21/h2-3,6-7,10,21H,1,4-5,8-9,17H2,(H2,18,19). The number of aromatic nitrogens is 1. The number of nitrogen functional groups attached to an aromatic ring is 2. The van der Waals surface area contributed by atoms with Crippen molar-refractivity contribution in [3.63, 3.8) is 0 Å². The van der Waals surface area contributed by atoms with Gasteiger partial charge < -0.3 is 21.5 Å². The van der Waals surface area contributed by atoms with E-state index in [1.165, 1.54) is 6.42 Å². The maximum Gasteiger partial charge on any atom is 0.149 e. The van der Waals surface area contributed by atoms with Crippen LogP contribution in [0, 0.1) is 0 Å². The van der Waals surface area contributed by atoms with Gasteiger partial charge in [0.1, 0.15) is 11.6 Å². The molecule has 1 aromatic carbocycles. The molecule has 1 aliphatic heterocycles. The van der Waals surface area contributed by atoms with Crippen molar-refractivity contribution < 1.29 is 5.11 Å². The van der Waals surface area contributed by atoms with Crippen LogP contribution in [0.2, 0.25) is 0 Å². The molecule has 1 saturated heterocycles. The van der Waals surface area contributed by atoms with Crippen molar-refractivity contribution in [2.24, 2.45) is 0 Å². The predicted molar refractivity (Wildman–Crippen MR) is 86.2 cm³/mol. The Hall–Kier alpha value is -2.43. The molecule has 2 aromatic rings. The zero-order valence-corrected chi connectivity index (χ0v) is 11.9. The number of nitrogens with two attached hydrogens (primary N) is 2. The minimum Gasteiger partial charge on any atom is -0.507 e. The van der Waals surface area contributed by atoms with Crippen LogP contribution in [0.1, 0.15) is 19.3 Å². The second-order valence-electron chi connectivity index (χ2n) is 5.39. The van der Waals surface area contributed by atoms with Gasteiger partial charge in [-0.3, -0.25) is 0 Å². The van der Waals surface area contributed by atoms with Crippen molar-refractivity contribution in [3.8, 4) is 17.0 Å². The van der Waals surface area contributed by atoms with Gasteiger partial charge >= 0.3 is 0 Å². The Morgan fingerprint density at radius 3 is 2.48 bits per heavy atom. The highest BCUT2D eigenvalue weighted by molar-refractivity contribution is 5.83. The number of rotatable bonds is 2. The summed E-state index contributed by atoms with van der Waals surface area (Å²) in [6.07, 6.45) is 3.57. The van der Waals surface area contributed by atoms with Crippen LogP contribution in [0.4, 0.5) is 17.2 Å². The Kier molecular flexibility index (Phi) is 3.56. The molecule has 5 N–H and O–H groups in total. The summed E-state index contributed by atoms with van der Waals surface area (Å²) in [6.45, 7) is 1.96. The van der Waals surface area contributed by atoms with E-state index < -0.39 is 0 Å². The third-order valence-corrected chi connectivity index (χ3v) is 3.94. The molecule has 1 aromatic heterocycles. The molecule has 3 rings (SSSR count). The molecule has 0 saturated carbocycles. The van der Waals surface area contributed by atoms with Gasteiger partial charge in [0, 0.05) is 18.7 Å². The van der Waals surface area contributed by atoms with E-state index in [0.29, 0.717) is 22.8 Å². The van der Waals surface area contributed by atoms with Gasteiger partial charge in [0.25, 0.3) is 0 Å². The second-order valence-corrected chi connectivity index (χ2v) is 5.39. The molecule has 110 valence electrons. The summed E-state index contributed by atoms with van der Waals surface area (Å²) in [4.78, 5) is 6.58. The largest absolute Gasteiger partial charge is 0.507 e. The number of phenolic OH excluding ortho intramolecular Hbond substituents is 1. The van der Waals surface area contributed by atoms with Crippen LogP contribution >= 0.6 is 0 Å². The van der Waals surface area contributed by atoms with Gasteiger partial charge in [-0.25, -0.2) is 4.98 Å². The van der Waals surface area contributed by atoms with Gasteiger partial charge in [-0.1, -0.05) is 12.1 Å². The summed E-state index contributed by atoms with van der Waals surface area (Å²) in [6, 6.07) is 9.04. The molecule has 0 atom stereocenters. The average Bonchev–Trinajstić information content (AvgIpc) is 2.51. The number of phenols is 1. The smallest absolute Gasteiger partial charge is 0.149 e. The third-order valence-electron chi connectivity index (χ3n) is 3.94. The molecule has 0 amide bonds. The highest BCUT2D eigenvalue weighted by atomic mass is 16.3. The summed E-state index contributed by atoms with van der Waals surface area (Å²) >= 11 is 0. The number of nitrogens with zero attached hydrogens (tertiary/aromatic N) is 2. The molecule has 0 aliphatic carbocycles. The molecule has 1 fully saturated rings. The number of benzene rings is 1. The maximum atomic E-state index is 10.00. The SMILES string of the molecule is Nc1nc(-c2ccccc2O)cc(N2CCCCC2)c1N. The lowest BCUT2D eigenvalue weighted by Gasteiger charge is -2.30. The van der Waals surface area contributed by atoms with Gasteiger partial charge in [0.2, 0.25) is 0 Å². The van der Waals surface area contributed by atoms with E-state index in [9.17, 15) is 5.11 Å². The topological polar surface area (TPSA) is 88.4 Å². The number of piperidine rings is 1. The Balaban J connectivity index is 2.07. The van der Waals surface area contributed by atoms with Crippen LogP contribution in [0.15, 0.2) is 30.3 Å². The molecule has 0 radical (unpaired) electrons. The first-order valence-electron chi connectivity index (χ1n) is 7.26. The minimum absolute atomic E-state index is 0.193. The van der Waals surface area contributed by atoms with Crippen molar-refractivity contribution in [2.45, 2.75) is 19.3 Å². The van der Waals surface area contributed by atoms with Crippen LogP contribution in [0.5, 0.6) is 5.75 Å². The summed E-state index contributed by atoms with van der Waals surface area (Å²) in [5.41, 5.74) is 14.8. The lowest BCUT2D eigenvalue weighted by Crippen LogP contribution is -2.30. The van der Waals surface area contributed by atoms with Crippen molar-refractivity contribution >= 4 is 17.2 Å². The van der Waals surface area contributed by atoms with Crippen molar-refractivity contribution in [1.29, 1.82) is 0 Å².